The molecule has 2 amide bonds. The van der Waals surface area contributed by atoms with Crippen LogP contribution in [-0.4, -0.2) is 50.6 Å². The number of carbonyl (C=O) groups excluding carboxylic acids is 2. The zero-order valence-corrected chi connectivity index (χ0v) is 15.7. The van der Waals surface area contributed by atoms with Crippen LogP contribution in [0, 0.1) is 0 Å². The second-order valence-electron chi connectivity index (χ2n) is 5.21. The van der Waals surface area contributed by atoms with Crippen molar-refractivity contribution in [1.82, 2.24) is 4.72 Å². The van der Waals surface area contributed by atoms with E-state index >= 15 is 0 Å². The molecule has 1 atom stereocenters. The SMILES string of the molecule is CS(=O)(=O)NC(=O)[C@@H](N)CCC(=O)Nc1cc(Cl)cc(S(=O)(=O)O)c1O. The molecule has 1 rings (SSSR count). The van der Waals surface area contributed by atoms with Gasteiger partial charge in [0.1, 0.15) is 4.90 Å². The van der Waals surface area contributed by atoms with E-state index in [0.29, 0.717) is 0 Å². The lowest BCUT2D eigenvalue weighted by atomic mass is 10.1. The van der Waals surface area contributed by atoms with Crippen LogP contribution in [0.25, 0.3) is 0 Å². The Morgan fingerprint density at radius 3 is 2.35 bits per heavy atom. The number of hydrogen-bond donors (Lipinski definition) is 5. The van der Waals surface area contributed by atoms with Crippen molar-refractivity contribution in [2.45, 2.75) is 23.8 Å². The molecule has 0 saturated heterocycles. The minimum absolute atomic E-state index is 0.185. The van der Waals surface area contributed by atoms with Gasteiger partial charge in [-0.15, -0.1) is 0 Å². The van der Waals surface area contributed by atoms with Crippen molar-refractivity contribution >= 4 is 49.2 Å². The Kier molecular flexibility index (Phi) is 6.95. The van der Waals surface area contributed by atoms with Crippen LogP contribution < -0.4 is 15.8 Å². The third-order valence-electron chi connectivity index (χ3n) is 2.90. The van der Waals surface area contributed by atoms with Gasteiger partial charge in [0.05, 0.1) is 18.0 Å². The molecule has 0 spiro atoms. The molecular weight excluding hydrogens is 414 g/mol. The Hall–Kier alpha value is -1.93. The molecule has 0 aliphatic rings. The summed E-state index contributed by atoms with van der Waals surface area (Å²) in [4.78, 5) is 22.5. The second kappa shape index (κ2) is 8.18. The van der Waals surface area contributed by atoms with E-state index in [0.717, 1.165) is 18.4 Å². The molecule has 0 radical (unpaired) electrons. The van der Waals surface area contributed by atoms with E-state index in [9.17, 15) is 31.5 Å². The minimum Gasteiger partial charge on any atom is -0.504 e. The molecular formula is C12H16ClN3O8S2. The summed E-state index contributed by atoms with van der Waals surface area (Å²) >= 11 is 5.67. The largest absolute Gasteiger partial charge is 0.504 e. The van der Waals surface area contributed by atoms with Gasteiger partial charge in [0.25, 0.3) is 10.1 Å². The zero-order chi connectivity index (χ0) is 20.3. The fourth-order valence-corrected chi connectivity index (χ4v) is 3.18. The van der Waals surface area contributed by atoms with Crippen LogP contribution in [-0.2, 0) is 29.7 Å². The number of aromatic hydroxyl groups is 1. The molecule has 0 aliphatic heterocycles. The number of benzene rings is 1. The number of sulfonamides is 1. The standard InChI is InChI=1S/C12H16ClN3O8S2/c1-25(20,21)16-12(19)7(14)2-3-10(17)15-8-4-6(13)5-9(11(8)18)26(22,23)24/h4-5,7,18H,2-3,14H2,1H3,(H,15,17)(H,16,19)(H,22,23,24)/t7-/m0/s1. The van der Waals surface area contributed by atoms with Crippen LogP contribution >= 0.6 is 11.6 Å². The first-order valence-electron chi connectivity index (χ1n) is 6.78. The van der Waals surface area contributed by atoms with E-state index in [1.807, 2.05) is 0 Å². The van der Waals surface area contributed by atoms with Crippen LogP contribution in [0.15, 0.2) is 17.0 Å². The number of anilines is 1. The summed E-state index contributed by atoms with van der Waals surface area (Å²) in [7, 11) is -8.58. The molecule has 0 aliphatic carbocycles. The lowest BCUT2D eigenvalue weighted by Gasteiger charge is -2.13. The number of rotatable bonds is 7. The first-order chi connectivity index (χ1) is 11.7. The molecule has 0 bridgehead atoms. The van der Waals surface area contributed by atoms with Crippen molar-refractivity contribution in [3.8, 4) is 5.75 Å². The summed E-state index contributed by atoms with van der Waals surface area (Å²) in [5.74, 6) is -2.70. The molecule has 1 aromatic rings. The van der Waals surface area contributed by atoms with Crippen molar-refractivity contribution in [2.24, 2.45) is 5.73 Å². The lowest BCUT2D eigenvalue weighted by Crippen LogP contribution is -2.43. The molecule has 0 saturated carbocycles. The molecule has 0 aromatic heterocycles. The van der Waals surface area contributed by atoms with Gasteiger partial charge in [-0.05, 0) is 18.6 Å². The molecule has 11 nitrogen and oxygen atoms in total. The Morgan fingerprint density at radius 2 is 1.85 bits per heavy atom. The van der Waals surface area contributed by atoms with Crippen LogP contribution in [0.2, 0.25) is 5.02 Å². The number of phenolic OH excluding ortho intramolecular Hbond substituents is 1. The van der Waals surface area contributed by atoms with Crippen molar-refractivity contribution in [3.05, 3.63) is 17.2 Å². The smallest absolute Gasteiger partial charge is 0.298 e. The number of phenols is 1. The van der Waals surface area contributed by atoms with Gasteiger partial charge in [0, 0.05) is 11.4 Å². The Labute approximate surface area is 154 Å². The van der Waals surface area contributed by atoms with Crippen LogP contribution in [0.4, 0.5) is 5.69 Å². The number of nitrogens with two attached hydrogens (primary N) is 1. The van der Waals surface area contributed by atoms with E-state index < -0.39 is 48.6 Å². The van der Waals surface area contributed by atoms with E-state index in [1.54, 1.807) is 4.72 Å². The summed E-state index contributed by atoms with van der Waals surface area (Å²) < 4.78 is 54.9. The minimum atomic E-state index is -4.78. The van der Waals surface area contributed by atoms with E-state index in [1.165, 1.54) is 0 Å². The van der Waals surface area contributed by atoms with Crippen molar-refractivity contribution in [1.29, 1.82) is 0 Å². The van der Waals surface area contributed by atoms with Crippen LogP contribution in [0.5, 0.6) is 5.75 Å². The molecule has 146 valence electrons. The van der Waals surface area contributed by atoms with Gasteiger partial charge in [-0.25, -0.2) is 8.42 Å². The highest BCUT2D eigenvalue weighted by atomic mass is 35.5. The molecule has 26 heavy (non-hydrogen) atoms. The summed E-state index contributed by atoms with van der Waals surface area (Å²) in [6, 6.07) is 0.532. The molecule has 14 heteroatoms. The van der Waals surface area contributed by atoms with E-state index in [-0.39, 0.29) is 23.6 Å². The van der Waals surface area contributed by atoms with Crippen LogP contribution in [0.1, 0.15) is 12.8 Å². The van der Waals surface area contributed by atoms with Crippen LogP contribution in [0.3, 0.4) is 0 Å². The zero-order valence-electron chi connectivity index (χ0n) is 13.3. The number of amides is 2. The van der Waals surface area contributed by atoms with Crippen molar-refractivity contribution in [3.63, 3.8) is 0 Å². The highest BCUT2D eigenvalue weighted by molar-refractivity contribution is 7.89. The molecule has 0 fully saturated rings. The third-order valence-corrected chi connectivity index (χ3v) is 4.55. The third kappa shape index (κ3) is 6.76. The number of hydrogen-bond acceptors (Lipinski definition) is 8. The topological polar surface area (TPSA) is 193 Å². The molecule has 0 unspecified atom stereocenters. The Balaban J connectivity index is 2.81. The summed E-state index contributed by atoms with van der Waals surface area (Å²) in [6.07, 6.45) is 0.171. The van der Waals surface area contributed by atoms with Gasteiger partial charge in [0.15, 0.2) is 5.75 Å². The lowest BCUT2D eigenvalue weighted by molar-refractivity contribution is -0.121. The monoisotopic (exact) mass is 429 g/mol. The summed E-state index contributed by atoms with van der Waals surface area (Å²) in [5.41, 5.74) is 5.08. The van der Waals surface area contributed by atoms with Gasteiger partial charge >= 0.3 is 0 Å². The normalized spacial score (nSPS) is 13.1. The quantitative estimate of drug-likeness (QED) is 0.278. The maximum atomic E-state index is 11.9. The number of halogens is 1. The summed E-state index contributed by atoms with van der Waals surface area (Å²) in [5, 5.41) is 11.8. The average Bonchev–Trinajstić information content (AvgIpc) is 2.45. The molecule has 6 N–H and O–H groups in total. The van der Waals surface area contributed by atoms with Gasteiger partial charge in [-0.2, -0.15) is 8.42 Å². The predicted octanol–water partition coefficient (Wildman–Crippen LogP) is -0.586. The first-order valence-corrected chi connectivity index (χ1v) is 10.5. The van der Waals surface area contributed by atoms with Gasteiger partial charge in [0.2, 0.25) is 21.8 Å². The maximum absolute atomic E-state index is 11.9. The maximum Gasteiger partial charge on any atom is 0.298 e. The van der Waals surface area contributed by atoms with Gasteiger partial charge in [-0.3, -0.25) is 18.9 Å². The second-order valence-corrected chi connectivity index (χ2v) is 8.78. The highest BCUT2D eigenvalue weighted by Crippen LogP contribution is 2.34. The fraction of sp³-hybridized carbons (Fsp3) is 0.333. The molecule has 0 heterocycles. The molecule has 1 aromatic carbocycles. The number of carbonyl (C=O) groups is 2. The van der Waals surface area contributed by atoms with E-state index in [2.05, 4.69) is 5.32 Å². The fourth-order valence-electron chi connectivity index (χ4n) is 1.75. The Morgan fingerprint density at radius 1 is 1.27 bits per heavy atom. The van der Waals surface area contributed by atoms with E-state index in [4.69, 9.17) is 21.9 Å². The van der Waals surface area contributed by atoms with Gasteiger partial charge < -0.3 is 16.2 Å². The average molecular weight is 430 g/mol. The first kappa shape index (κ1) is 22.1. The summed E-state index contributed by atoms with van der Waals surface area (Å²) in [6.45, 7) is 0. The number of nitrogens with one attached hydrogen (secondary N) is 2. The Bertz CT molecular complexity index is 930. The predicted molar refractivity (Wildman–Crippen MR) is 91.8 cm³/mol. The van der Waals surface area contributed by atoms with Crippen molar-refractivity contribution < 1.29 is 36.1 Å². The van der Waals surface area contributed by atoms with Crippen molar-refractivity contribution in [2.75, 3.05) is 11.6 Å². The van der Waals surface area contributed by atoms with Gasteiger partial charge in [-0.1, -0.05) is 11.6 Å². The highest BCUT2D eigenvalue weighted by Gasteiger charge is 2.22.